The van der Waals surface area contributed by atoms with Crippen LogP contribution in [0.3, 0.4) is 0 Å². The monoisotopic (exact) mass is 259 g/mol. The Kier molecular flexibility index (Phi) is 4.52. The Bertz CT molecular complexity index is 503. The van der Waals surface area contributed by atoms with Crippen LogP contribution in [-0.4, -0.2) is 26.4 Å². The zero-order valence-electron chi connectivity index (χ0n) is 11.6. The number of nitrogen functional groups attached to an aromatic ring is 1. The van der Waals surface area contributed by atoms with E-state index in [1.165, 1.54) is 5.56 Å². The van der Waals surface area contributed by atoms with Gasteiger partial charge in [-0.1, -0.05) is 24.3 Å². The maximum Gasteiger partial charge on any atom is 0.0967 e. The molecule has 5 heteroatoms. The summed E-state index contributed by atoms with van der Waals surface area (Å²) in [6, 6.07) is 8.05. The van der Waals surface area contributed by atoms with E-state index in [4.69, 9.17) is 5.73 Å². The molecule has 0 unspecified atom stereocenters. The van der Waals surface area contributed by atoms with E-state index in [9.17, 15) is 0 Å². The zero-order chi connectivity index (χ0) is 13.7. The summed E-state index contributed by atoms with van der Waals surface area (Å²) in [7, 11) is 1.89. The quantitative estimate of drug-likeness (QED) is 0.804. The van der Waals surface area contributed by atoms with Gasteiger partial charge in [0.2, 0.25) is 0 Å². The molecule has 0 aliphatic rings. The van der Waals surface area contributed by atoms with E-state index in [0.29, 0.717) is 0 Å². The van der Waals surface area contributed by atoms with Crippen LogP contribution in [0.2, 0.25) is 0 Å². The van der Waals surface area contributed by atoms with Crippen molar-refractivity contribution < 1.29 is 0 Å². The molecule has 0 spiro atoms. The van der Waals surface area contributed by atoms with Gasteiger partial charge in [0.1, 0.15) is 0 Å². The molecule has 0 aliphatic heterocycles. The highest BCUT2D eigenvalue weighted by molar-refractivity contribution is 5.39. The molecule has 0 radical (unpaired) electrons. The Morgan fingerprint density at radius 3 is 2.53 bits per heavy atom. The first-order valence-corrected chi connectivity index (χ1v) is 6.59. The molecule has 0 aliphatic carbocycles. The van der Waals surface area contributed by atoms with Crippen molar-refractivity contribution in [1.29, 1.82) is 0 Å². The third-order valence-electron chi connectivity index (χ3n) is 2.96. The van der Waals surface area contributed by atoms with Crippen molar-refractivity contribution in [2.24, 2.45) is 7.05 Å². The van der Waals surface area contributed by atoms with E-state index in [0.717, 1.165) is 37.4 Å². The summed E-state index contributed by atoms with van der Waals surface area (Å²) in [6.45, 7) is 4.96. The van der Waals surface area contributed by atoms with Gasteiger partial charge < -0.3 is 5.73 Å². The van der Waals surface area contributed by atoms with Crippen LogP contribution in [0.25, 0.3) is 0 Å². The fraction of sp³-hybridized carbons (Fsp3) is 0.429. The van der Waals surface area contributed by atoms with Gasteiger partial charge in [-0.2, -0.15) is 0 Å². The van der Waals surface area contributed by atoms with Crippen molar-refractivity contribution in [2.75, 3.05) is 12.3 Å². The molecule has 2 rings (SSSR count). The number of rotatable bonds is 6. The third-order valence-corrected chi connectivity index (χ3v) is 2.96. The lowest BCUT2D eigenvalue weighted by Crippen LogP contribution is -2.23. The number of aryl methyl sites for hydroxylation is 1. The van der Waals surface area contributed by atoms with Gasteiger partial charge in [-0.05, 0) is 30.7 Å². The number of anilines is 1. The van der Waals surface area contributed by atoms with E-state index in [1.807, 2.05) is 25.4 Å². The smallest absolute Gasteiger partial charge is 0.0967 e. The van der Waals surface area contributed by atoms with Gasteiger partial charge >= 0.3 is 0 Å². The Hall–Kier alpha value is -1.88. The van der Waals surface area contributed by atoms with Crippen molar-refractivity contribution >= 4 is 5.69 Å². The zero-order valence-corrected chi connectivity index (χ0v) is 11.6. The number of nitrogens with zero attached hydrogens (tertiary/aromatic N) is 4. The average Bonchev–Trinajstić information content (AvgIpc) is 2.78. The third kappa shape index (κ3) is 4.06. The maximum absolute atomic E-state index is 5.71. The van der Waals surface area contributed by atoms with Gasteiger partial charge in [0.25, 0.3) is 0 Å². The van der Waals surface area contributed by atoms with Gasteiger partial charge in [0.15, 0.2) is 0 Å². The first kappa shape index (κ1) is 13.5. The largest absolute Gasteiger partial charge is 0.399 e. The second-order valence-corrected chi connectivity index (χ2v) is 4.84. The number of hydrogen-bond acceptors (Lipinski definition) is 4. The van der Waals surface area contributed by atoms with Gasteiger partial charge in [-0.15, -0.1) is 5.10 Å². The van der Waals surface area contributed by atoms with Crippen LogP contribution in [0.5, 0.6) is 0 Å². The summed E-state index contributed by atoms with van der Waals surface area (Å²) in [5.74, 6) is 0. The lowest BCUT2D eigenvalue weighted by atomic mass is 10.2. The Labute approximate surface area is 114 Å². The molecule has 0 saturated heterocycles. The summed E-state index contributed by atoms with van der Waals surface area (Å²) in [6.07, 6.45) is 3.08. The van der Waals surface area contributed by atoms with Gasteiger partial charge in [-0.3, -0.25) is 9.58 Å². The van der Waals surface area contributed by atoms with Crippen LogP contribution in [0.1, 0.15) is 24.6 Å². The van der Waals surface area contributed by atoms with Crippen molar-refractivity contribution in [3.63, 3.8) is 0 Å². The summed E-state index contributed by atoms with van der Waals surface area (Å²) in [4.78, 5) is 2.37. The molecule has 0 saturated carbocycles. The standard InChI is InChI=1S/C14H21N5/c1-3-8-19(11-14-10-18(2)17-16-14)9-12-4-6-13(15)7-5-12/h4-7,10H,3,8-9,11,15H2,1-2H3. The highest BCUT2D eigenvalue weighted by Crippen LogP contribution is 2.11. The highest BCUT2D eigenvalue weighted by Gasteiger charge is 2.08. The van der Waals surface area contributed by atoms with E-state index < -0.39 is 0 Å². The topological polar surface area (TPSA) is 60.0 Å². The molecular weight excluding hydrogens is 238 g/mol. The Morgan fingerprint density at radius 1 is 1.21 bits per heavy atom. The molecule has 5 nitrogen and oxygen atoms in total. The molecule has 1 heterocycles. The van der Waals surface area contributed by atoms with Crippen molar-refractivity contribution in [3.05, 3.63) is 41.7 Å². The van der Waals surface area contributed by atoms with E-state index in [1.54, 1.807) is 4.68 Å². The fourth-order valence-electron chi connectivity index (χ4n) is 2.11. The second-order valence-electron chi connectivity index (χ2n) is 4.84. The number of aromatic nitrogens is 3. The van der Waals surface area contributed by atoms with E-state index in [2.05, 4.69) is 34.3 Å². The predicted octanol–water partition coefficient (Wildman–Crippen LogP) is 1.81. The summed E-state index contributed by atoms with van der Waals surface area (Å²) in [5, 5.41) is 8.12. The first-order valence-electron chi connectivity index (χ1n) is 6.59. The molecule has 0 bridgehead atoms. The highest BCUT2D eigenvalue weighted by atomic mass is 15.4. The van der Waals surface area contributed by atoms with Crippen LogP contribution >= 0.6 is 0 Å². The molecule has 0 amide bonds. The van der Waals surface area contributed by atoms with E-state index >= 15 is 0 Å². The molecule has 0 fully saturated rings. The van der Waals surface area contributed by atoms with Crippen LogP contribution in [0, 0.1) is 0 Å². The van der Waals surface area contributed by atoms with Crippen molar-refractivity contribution in [3.8, 4) is 0 Å². The van der Waals surface area contributed by atoms with Crippen molar-refractivity contribution in [2.45, 2.75) is 26.4 Å². The normalized spacial score (nSPS) is 11.1. The molecule has 2 aromatic rings. The van der Waals surface area contributed by atoms with Crippen LogP contribution in [-0.2, 0) is 20.1 Å². The second kappa shape index (κ2) is 6.33. The van der Waals surface area contributed by atoms with Gasteiger partial charge in [0.05, 0.1) is 5.69 Å². The SMILES string of the molecule is CCCN(Cc1ccc(N)cc1)Cc1cn(C)nn1. The van der Waals surface area contributed by atoms with Crippen LogP contribution in [0.4, 0.5) is 5.69 Å². The lowest BCUT2D eigenvalue weighted by Gasteiger charge is -2.20. The van der Waals surface area contributed by atoms with Gasteiger partial charge in [-0.25, -0.2) is 0 Å². The minimum atomic E-state index is 0.805. The summed E-state index contributed by atoms with van der Waals surface area (Å²) >= 11 is 0. The molecule has 2 N–H and O–H groups in total. The molecular formula is C14H21N5. The average molecular weight is 259 g/mol. The molecule has 1 aromatic heterocycles. The number of hydrogen-bond donors (Lipinski definition) is 1. The van der Waals surface area contributed by atoms with Gasteiger partial charge in [0, 0.05) is 32.0 Å². The molecule has 102 valence electrons. The van der Waals surface area contributed by atoms with Crippen molar-refractivity contribution in [1.82, 2.24) is 19.9 Å². The summed E-state index contributed by atoms with van der Waals surface area (Å²) in [5.41, 5.74) is 8.79. The Morgan fingerprint density at radius 2 is 1.95 bits per heavy atom. The lowest BCUT2D eigenvalue weighted by molar-refractivity contribution is 0.254. The molecule has 19 heavy (non-hydrogen) atoms. The van der Waals surface area contributed by atoms with E-state index in [-0.39, 0.29) is 0 Å². The minimum Gasteiger partial charge on any atom is -0.399 e. The predicted molar refractivity (Wildman–Crippen MR) is 76.3 cm³/mol. The fourth-order valence-corrected chi connectivity index (χ4v) is 2.11. The maximum atomic E-state index is 5.71. The number of nitrogens with two attached hydrogens (primary N) is 1. The first-order chi connectivity index (χ1) is 9.17. The van der Waals surface area contributed by atoms with Crippen LogP contribution in [0.15, 0.2) is 30.5 Å². The summed E-state index contributed by atoms with van der Waals surface area (Å²) < 4.78 is 1.74. The molecule has 0 atom stereocenters. The number of benzene rings is 1. The van der Waals surface area contributed by atoms with Crippen LogP contribution < -0.4 is 5.73 Å². The minimum absolute atomic E-state index is 0.805. The Balaban J connectivity index is 2.01. The molecule has 1 aromatic carbocycles.